The molecule has 0 saturated carbocycles. The van der Waals surface area contributed by atoms with E-state index in [1.807, 2.05) is 18.2 Å². The second-order valence-electron chi connectivity index (χ2n) is 6.44. The summed E-state index contributed by atoms with van der Waals surface area (Å²) < 4.78 is 10.9. The topological polar surface area (TPSA) is 120 Å². The van der Waals surface area contributed by atoms with E-state index in [4.69, 9.17) is 20.3 Å². The van der Waals surface area contributed by atoms with Crippen molar-refractivity contribution < 1.29 is 19.4 Å². The molecular weight excluding hydrogens is 372 g/mol. The van der Waals surface area contributed by atoms with Crippen molar-refractivity contribution >= 4 is 28.4 Å². The first-order valence-corrected chi connectivity index (χ1v) is 9.26. The average molecular weight is 396 g/mol. The highest BCUT2D eigenvalue weighted by atomic mass is 16.5. The van der Waals surface area contributed by atoms with Crippen molar-refractivity contribution in [3.8, 4) is 11.5 Å². The van der Waals surface area contributed by atoms with Gasteiger partial charge in [-0.1, -0.05) is 12.1 Å². The van der Waals surface area contributed by atoms with Crippen molar-refractivity contribution in [2.75, 3.05) is 26.1 Å². The number of carbonyl (C=O) groups is 1. The number of aliphatic hydroxyl groups is 1. The van der Waals surface area contributed by atoms with E-state index in [-0.39, 0.29) is 18.1 Å². The molecule has 0 aliphatic heterocycles. The first-order valence-electron chi connectivity index (χ1n) is 9.26. The lowest BCUT2D eigenvalue weighted by Gasteiger charge is -2.18. The second kappa shape index (κ2) is 9.20. The van der Waals surface area contributed by atoms with Gasteiger partial charge >= 0.3 is 0 Å². The number of nitrogens with two attached hydrogens (primary N) is 1. The molecule has 8 heteroatoms. The van der Waals surface area contributed by atoms with Crippen LogP contribution in [0.5, 0.6) is 11.5 Å². The molecule has 0 fully saturated rings. The number of unbranched alkanes of at least 4 members (excludes halogenated alkanes) is 1. The van der Waals surface area contributed by atoms with E-state index in [0.29, 0.717) is 41.1 Å². The maximum Gasteiger partial charge on any atom is 0.271 e. The smallest absolute Gasteiger partial charge is 0.271 e. The molecule has 29 heavy (non-hydrogen) atoms. The van der Waals surface area contributed by atoms with Gasteiger partial charge in [0.2, 0.25) is 0 Å². The summed E-state index contributed by atoms with van der Waals surface area (Å²) in [5.41, 5.74) is 8.37. The molecule has 0 radical (unpaired) electrons. The van der Waals surface area contributed by atoms with Crippen molar-refractivity contribution in [2.45, 2.75) is 19.3 Å². The fourth-order valence-corrected chi connectivity index (χ4v) is 3.09. The summed E-state index contributed by atoms with van der Waals surface area (Å²) >= 11 is 0. The van der Waals surface area contributed by atoms with Gasteiger partial charge in [-0.2, -0.15) is 0 Å². The Kier molecular flexibility index (Phi) is 6.46. The van der Waals surface area contributed by atoms with Gasteiger partial charge in [0.15, 0.2) is 11.5 Å². The Morgan fingerprint density at radius 1 is 1.10 bits per heavy atom. The zero-order valence-corrected chi connectivity index (χ0v) is 16.4. The molecule has 0 saturated heterocycles. The van der Waals surface area contributed by atoms with E-state index in [2.05, 4.69) is 15.3 Å². The standard InChI is InChI=1S/C21H24N4O4/c1-28-13-11-17(14(7-5-6-10-26)18(12-13)29-2)25-21-19(20(22)27)23-15-8-3-4-9-16(15)24-21/h3-4,8-9,11-12,26H,5-7,10H2,1-2H3,(H2,22,27)(H,24,25). The lowest BCUT2D eigenvalue weighted by Crippen LogP contribution is -2.17. The Morgan fingerprint density at radius 3 is 2.45 bits per heavy atom. The molecule has 8 nitrogen and oxygen atoms in total. The third-order valence-electron chi connectivity index (χ3n) is 4.53. The van der Waals surface area contributed by atoms with E-state index >= 15 is 0 Å². The van der Waals surface area contributed by atoms with Crippen molar-refractivity contribution in [3.05, 3.63) is 47.7 Å². The Bertz CT molecular complexity index is 1020. The molecule has 2 aromatic carbocycles. The van der Waals surface area contributed by atoms with E-state index in [1.165, 1.54) is 0 Å². The van der Waals surface area contributed by atoms with Gasteiger partial charge in [0, 0.05) is 24.3 Å². The van der Waals surface area contributed by atoms with Crippen LogP contribution in [0.25, 0.3) is 11.0 Å². The molecule has 3 rings (SSSR count). The number of aliphatic hydroxyl groups excluding tert-OH is 1. The van der Waals surface area contributed by atoms with Gasteiger partial charge in [-0.15, -0.1) is 0 Å². The summed E-state index contributed by atoms with van der Waals surface area (Å²) in [6.45, 7) is 0.114. The van der Waals surface area contributed by atoms with Gasteiger partial charge in [-0.05, 0) is 31.4 Å². The predicted molar refractivity (Wildman–Crippen MR) is 111 cm³/mol. The molecule has 0 aliphatic carbocycles. The van der Waals surface area contributed by atoms with Crippen LogP contribution in [0.3, 0.4) is 0 Å². The number of aromatic nitrogens is 2. The summed E-state index contributed by atoms with van der Waals surface area (Å²) in [4.78, 5) is 20.9. The quantitative estimate of drug-likeness (QED) is 0.476. The molecule has 0 spiro atoms. The highest BCUT2D eigenvalue weighted by Gasteiger charge is 2.18. The van der Waals surface area contributed by atoms with Crippen LogP contribution in [0.1, 0.15) is 28.9 Å². The van der Waals surface area contributed by atoms with Crippen LogP contribution in [0.2, 0.25) is 0 Å². The number of hydrogen-bond acceptors (Lipinski definition) is 7. The van der Waals surface area contributed by atoms with E-state index in [9.17, 15) is 4.79 Å². The molecule has 1 heterocycles. The maximum atomic E-state index is 12.0. The molecule has 0 atom stereocenters. The molecule has 152 valence electrons. The predicted octanol–water partition coefficient (Wildman–Crippen LogP) is 2.80. The van der Waals surface area contributed by atoms with E-state index in [0.717, 1.165) is 12.0 Å². The van der Waals surface area contributed by atoms with Crippen LogP contribution in [0.15, 0.2) is 36.4 Å². The highest BCUT2D eigenvalue weighted by Crippen LogP contribution is 2.35. The monoisotopic (exact) mass is 396 g/mol. The molecule has 4 N–H and O–H groups in total. The highest BCUT2D eigenvalue weighted by molar-refractivity contribution is 5.98. The van der Waals surface area contributed by atoms with Crippen LogP contribution in [-0.2, 0) is 6.42 Å². The number of primary amides is 1. The number of ether oxygens (including phenoxy) is 2. The number of para-hydroxylation sites is 2. The number of anilines is 2. The van der Waals surface area contributed by atoms with Crippen molar-refractivity contribution in [1.29, 1.82) is 0 Å². The van der Waals surface area contributed by atoms with E-state index < -0.39 is 5.91 Å². The van der Waals surface area contributed by atoms with Crippen LogP contribution >= 0.6 is 0 Å². The van der Waals surface area contributed by atoms with Gasteiger partial charge in [0.05, 0.1) is 30.9 Å². The fourth-order valence-electron chi connectivity index (χ4n) is 3.09. The van der Waals surface area contributed by atoms with Crippen LogP contribution < -0.4 is 20.5 Å². The summed E-state index contributed by atoms with van der Waals surface area (Å²) in [6, 6.07) is 10.8. The second-order valence-corrected chi connectivity index (χ2v) is 6.44. The number of hydrogen-bond donors (Lipinski definition) is 3. The minimum atomic E-state index is -0.678. The molecular formula is C21H24N4O4. The van der Waals surface area contributed by atoms with Gasteiger partial charge in [-0.3, -0.25) is 4.79 Å². The van der Waals surface area contributed by atoms with E-state index in [1.54, 1.807) is 32.4 Å². The van der Waals surface area contributed by atoms with Gasteiger partial charge < -0.3 is 25.6 Å². The van der Waals surface area contributed by atoms with Gasteiger partial charge in [0.1, 0.15) is 11.5 Å². The Labute approximate surface area is 168 Å². The zero-order chi connectivity index (χ0) is 20.8. The number of rotatable bonds is 9. The minimum absolute atomic E-state index is 0.0480. The summed E-state index contributed by atoms with van der Waals surface area (Å²) in [6.07, 6.45) is 2.08. The largest absolute Gasteiger partial charge is 0.497 e. The van der Waals surface area contributed by atoms with Crippen LogP contribution in [0, 0.1) is 0 Å². The first-order chi connectivity index (χ1) is 14.1. The molecule has 1 aromatic heterocycles. The van der Waals surface area contributed by atoms with Crippen LogP contribution in [-0.4, -0.2) is 41.8 Å². The summed E-state index contributed by atoms with van der Waals surface area (Å²) in [7, 11) is 3.15. The van der Waals surface area contributed by atoms with Gasteiger partial charge in [-0.25, -0.2) is 9.97 Å². The molecule has 0 unspecified atom stereocenters. The van der Waals surface area contributed by atoms with Crippen molar-refractivity contribution in [1.82, 2.24) is 9.97 Å². The number of nitrogens with zero attached hydrogens (tertiary/aromatic N) is 2. The lowest BCUT2D eigenvalue weighted by atomic mass is 10.0. The fraction of sp³-hybridized carbons (Fsp3) is 0.286. The van der Waals surface area contributed by atoms with Gasteiger partial charge in [0.25, 0.3) is 5.91 Å². The number of amides is 1. The number of nitrogens with one attached hydrogen (secondary N) is 1. The first kappa shape index (κ1) is 20.3. The third kappa shape index (κ3) is 4.55. The molecule has 0 bridgehead atoms. The number of benzene rings is 2. The lowest BCUT2D eigenvalue weighted by molar-refractivity contribution is 0.0996. The Morgan fingerprint density at radius 2 is 1.83 bits per heavy atom. The van der Waals surface area contributed by atoms with Crippen LogP contribution in [0.4, 0.5) is 11.5 Å². The number of fused-ring (bicyclic) bond motifs is 1. The summed E-state index contributed by atoms with van der Waals surface area (Å²) in [5, 5.41) is 12.3. The zero-order valence-electron chi connectivity index (χ0n) is 16.4. The molecule has 1 amide bonds. The molecule has 0 aliphatic rings. The number of carbonyl (C=O) groups excluding carboxylic acids is 1. The Balaban J connectivity index is 2.10. The SMILES string of the molecule is COc1cc(Nc2nc3ccccc3nc2C(N)=O)c(CCCCO)c(OC)c1. The Hall–Kier alpha value is -3.39. The maximum absolute atomic E-state index is 12.0. The third-order valence-corrected chi connectivity index (χ3v) is 4.53. The minimum Gasteiger partial charge on any atom is -0.497 e. The summed E-state index contributed by atoms with van der Waals surface area (Å²) in [5.74, 6) is 0.807. The number of methoxy groups -OCH3 is 2. The molecule has 3 aromatic rings. The van der Waals surface area contributed by atoms with Crippen molar-refractivity contribution in [2.24, 2.45) is 5.73 Å². The average Bonchev–Trinajstić information content (AvgIpc) is 2.73. The normalized spacial score (nSPS) is 10.7. The van der Waals surface area contributed by atoms with Crippen molar-refractivity contribution in [3.63, 3.8) is 0 Å².